The minimum Gasteiger partial charge on any atom is -0.391 e. The van der Waals surface area contributed by atoms with E-state index in [1.165, 1.54) is 0 Å². The molecule has 0 aliphatic rings. The standard InChI is InChI=1S/C12H19NO2/c1-3-12(14)8-13-11-6-4-5-10(7-11)9-15-2/h4-7,12-14H,3,8-9H2,1-2H3. The highest BCUT2D eigenvalue weighted by atomic mass is 16.5. The summed E-state index contributed by atoms with van der Waals surface area (Å²) in [6, 6.07) is 8.02. The number of methoxy groups -OCH3 is 1. The van der Waals surface area contributed by atoms with Crippen molar-refractivity contribution in [1.82, 2.24) is 0 Å². The molecule has 1 aromatic carbocycles. The summed E-state index contributed by atoms with van der Waals surface area (Å²) in [5.74, 6) is 0. The SMILES string of the molecule is CCC(O)CNc1cccc(COC)c1. The summed E-state index contributed by atoms with van der Waals surface area (Å²) in [6.45, 7) is 3.17. The number of rotatable bonds is 6. The molecule has 1 aromatic rings. The van der Waals surface area contributed by atoms with Gasteiger partial charge in [-0.2, -0.15) is 0 Å². The molecule has 0 aliphatic heterocycles. The number of benzene rings is 1. The van der Waals surface area contributed by atoms with Gasteiger partial charge in [-0.15, -0.1) is 0 Å². The summed E-state index contributed by atoms with van der Waals surface area (Å²) in [7, 11) is 1.68. The first kappa shape index (κ1) is 12.0. The fourth-order valence-electron chi connectivity index (χ4n) is 1.32. The lowest BCUT2D eigenvalue weighted by molar-refractivity contribution is 0.183. The molecule has 1 unspecified atom stereocenters. The fraction of sp³-hybridized carbons (Fsp3) is 0.500. The highest BCUT2D eigenvalue weighted by Gasteiger charge is 2.00. The lowest BCUT2D eigenvalue weighted by atomic mass is 10.2. The molecule has 0 fully saturated rings. The van der Waals surface area contributed by atoms with Crippen molar-refractivity contribution in [2.24, 2.45) is 0 Å². The van der Waals surface area contributed by atoms with Crippen LogP contribution in [0.1, 0.15) is 18.9 Å². The van der Waals surface area contributed by atoms with Crippen molar-refractivity contribution >= 4 is 5.69 Å². The molecule has 84 valence electrons. The van der Waals surface area contributed by atoms with Crippen molar-refractivity contribution in [3.63, 3.8) is 0 Å². The van der Waals surface area contributed by atoms with Gasteiger partial charge in [-0.1, -0.05) is 19.1 Å². The summed E-state index contributed by atoms with van der Waals surface area (Å²) in [4.78, 5) is 0. The zero-order valence-corrected chi connectivity index (χ0v) is 9.36. The van der Waals surface area contributed by atoms with Gasteiger partial charge >= 0.3 is 0 Å². The van der Waals surface area contributed by atoms with Crippen LogP contribution in [0.15, 0.2) is 24.3 Å². The molecule has 15 heavy (non-hydrogen) atoms. The van der Waals surface area contributed by atoms with E-state index in [1.54, 1.807) is 7.11 Å². The first-order chi connectivity index (χ1) is 7.26. The van der Waals surface area contributed by atoms with E-state index in [0.29, 0.717) is 13.2 Å². The van der Waals surface area contributed by atoms with E-state index < -0.39 is 0 Å². The molecular weight excluding hydrogens is 190 g/mol. The monoisotopic (exact) mass is 209 g/mol. The lowest BCUT2D eigenvalue weighted by Gasteiger charge is -2.11. The van der Waals surface area contributed by atoms with Gasteiger partial charge in [0.05, 0.1) is 12.7 Å². The summed E-state index contributed by atoms with van der Waals surface area (Å²) in [6.07, 6.45) is 0.487. The highest BCUT2D eigenvalue weighted by Crippen LogP contribution is 2.11. The third-order valence-corrected chi connectivity index (χ3v) is 2.25. The molecule has 3 heteroatoms. The van der Waals surface area contributed by atoms with Crippen LogP contribution >= 0.6 is 0 Å². The van der Waals surface area contributed by atoms with Crippen molar-refractivity contribution in [1.29, 1.82) is 0 Å². The molecule has 0 heterocycles. The second-order valence-corrected chi connectivity index (χ2v) is 3.58. The van der Waals surface area contributed by atoms with E-state index in [9.17, 15) is 5.11 Å². The molecule has 0 bridgehead atoms. The van der Waals surface area contributed by atoms with Crippen molar-refractivity contribution in [2.45, 2.75) is 26.1 Å². The zero-order valence-electron chi connectivity index (χ0n) is 9.36. The predicted molar refractivity (Wildman–Crippen MR) is 61.9 cm³/mol. The van der Waals surface area contributed by atoms with Gasteiger partial charge in [0.2, 0.25) is 0 Å². The molecular formula is C12H19NO2. The third-order valence-electron chi connectivity index (χ3n) is 2.25. The van der Waals surface area contributed by atoms with Gasteiger partial charge in [0, 0.05) is 19.3 Å². The van der Waals surface area contributed by atoms with E-state index in [4.69, 9.17) is 4.74 Å². The number of aliphatic hydroxyl groups excluding tert-OH is 1. The lowest BCUT2D eigenvalue weighted by Crippen LogP contribution is -2.18. The Balaban J connectivity index is 2.50. The molecule has 3 nitrogen and oxygen atoms in total. The minimum atomic E-state index is -0.281. The fourth-order valence-corrected chi connectivity index (χ4v) is 1.32. The van der Waals surface area contributed by atoms with E-state index in [1.807, 2.05) is 31.2 Å². The van der Waals surface area contributed by atoms with Crippen molar-refractivity contribution in [3.8, 4) is 0 Å². The maximum absolute atomic E-state index is 9.40. The maximum Gasteiger partial charge on any atom is 0.0713 e. The van der Waals surface area contributed by atoms with E-state index in [-0.39, 0.29) is 6.10 Å². The Bertz CT molecular complexity index is 289. The van der Waals surface area contributed by atoms with Gasteiger partial charge in [0.1, 0.15) is 0 Å². The van der Waals surface area contributed by atoms with Crippen molar-refractivity contribution in [2.75, 3.05) is 19.0 Å². The van der Waals surface area contributed by atoms with Gasteiger partial charge in [-0.3, -0.25) is 0 Å². The Morgan fingerprint density at radius 3 is 2.93 bits per heavy atom. The third kappa shape index (κ3) is 4.32. The van der Waals surface area contributed by atoms with Crippen LogP contribution < -0.4 is 5.32 Å². The summed E-state index contributed by atoms with van der Waals surface area (Å²) in [5.41, 5.74) is 2.16. The molecule has 0 saturated carbocycles. The molecule has 1 atom stereocenters. The van der Waals surface area contributed by atoms with Crippen LogP contribution in [0.2, 0.25) is 0 Å². The number of hydrogen-bond donors (Lipinski definition) is 2. The number of ether oxygens (including phenoxy) is 1. The van der Waals surface area contributed by atoms with Crippen LogP contribution in [0.5, 0.6) is 0 Å². The first-order valence-corrected chi connectivity index (χ1v) is 5.26. The average molecular weight is 209 g/mol. The average Bonchev–Trinajstić information content (AvgIpc) is 2.27. The molecule has 0 saturated heterocycles. The Kier molecular flexibility index (Phi) is 5.15. The minimum absolute atomic E-state index is 0.281. The second-order valence-electron chi connectivity index (χ2n) is 3.58. The summed E-state index contributed by atoms with van der Waals surface area (Å²) < 4.78 is 5.05. The Hall–Kier alpha value is -1.06. The Labute approximate surface area is 91.1 Å². The topological polar surface area (TPSA) is 41.5 Å². The Morgan fingerprint density at radius 2 is 2.27 bits per heavy atom. The number of nitrogens with one attached hydrogen (secondary N) is 1. The van der Waals surface area contributed by atoms with Crippen LogP contribution in [-0.2, 0) is 11.3 Å². The highest BCUT2D eigenvalue weighted by molar-refractivity contribution is 5.45. The quantitative estimate of drug-likeness (QED) is 0.753. The predicted octanol–water partition coefficient (Wildman–Crippen LogP) is 2.02. The van der Waals surface area contributed by atoms with Gasteiger partial charge in [0.25, 0.3) is 0 Å². The molecule has 0 spiro atoms. The van der Waals surface area contributed by atoms with Crippen LogP contribution in [0.25, 0.3) is 0 Å². The number of anilines is 1. The zero-order chi connectivity index (χ0) is 11.1. The van der Waals surface area contributed by atoms with Gasteiger partial charge in [-0.05, 0) is 24.1 Å². The van der Waals surface area contributed by atoms with Gasteiger partial charge < -0.3 is 15.2 Å². The molecule has 0 radical (unpaired) electrons. The van der Waals surface area contributed by atoms with Gasteiger partial charge in [0.15, 0.2) is 0 Å². The largest absolute Gasteiger partial charge is 0.391 e. The molecule has 0 amide bonds. The summed E-state index contributed by atoms with van der Waals surface area (Å²) >= 11 is 0. The van der Waals surface area contributed by atoms with E-state index in [0.717, 1.165) is 17.7 Å². The molecule has 2 N–H and O–H groups in total. The smallest absolute Gasteiger partial charge is 0.0713 e. The second kappa shape index (κ2) is 6.43. The van der Waals surface area contributed by atoms with Crippen molar-refractivity contribution in [3.05, 3.63) is 29.8 Å². The Morgan fingerprint density at radius 1 is 1.47 bits per heavy atom. The number of aliphatic hydroxyl groups is 1. The van der Waals surface area contributed by atoms with Crippen molar-refractivity contribution < 1.29 is 9.84 Å². The van der Waals surface area contributed by atoms with Gasteiger partial charge in [-0.25, -0.2) is 0 Å². The normalized spacial score (nSPS) is 12.5. The van der Waals surface area contributed by atoms with E-state index in [2.05, 4.69) is 5.32 Å². The van der Waals surface area contributed by atoms with Crippen LogP contribution in [0, 0.1) is 0 Å². The van der Waals surface area contributed by atoms with Crippen LogP contribution in [0.4, 0.5) is 5.69 Å². The molecule has 0 aliphatic carbocycles. The van der Waals surface area contributed by atoms with E-state index >= 15 is 0 Å². The number of hydrogen-bond acceptors (Lipinski definition) is 3. The summed E-state index contributed by atoms with van der Waals surface area (Å²) in [5, 5.41) is 12.6. The maximum atomic E-state index is 9.40. The van der Waals surface area contributed by atoms with Crippen LogP contribution in [0.3, 0.4) is 0 Å². The molecule has 1 rings (SSSR count). The molecule has 0 aromatic heterocycles. The van der Waals surface area contributed by atoms with Crippen LogP contribution in [-0.4, -0.2) is 24.9 Å². The first-order valence-electron chi connectivity index (χ1n) is 5.26.